The topological polar surface area (TPSA) is 17.1 Å². The molecule has 70 valence electrons. The minimum absolute atomic E-state index is 0.242. The van der Waals surface area contributed by atoms with Crippen LogP contribution >= 0.6 is 15.9 Å². The van der Waals surface area contributed by atoms with E-state index in [4.69, 9.17) is 0 Å². The van der Waals surface area contributed by atoms with Crippen LogP contribution in [0.1, 0.15) is 24.0 Å². The summed E-state index contributed by atoms with van der Waals surface area (Å²) < 4.78 is 13.0. The quantitative estimate of drug-likeness (QED) is 0.590. The molecule has 0 spiro atoms. The molecule has 0 saturated carbocycles. The van der Waals surface area contributed by atoms with Gasteiger partial charge in [-0.15, -0.1) is 0 Å². The van der Waals surface area contributed by atoms with Crippen molar-refractivity contribution in [2.75, 3.05) is 0 Å². The zero-order valence-electron chi connectivity index (χ0n) is 7.26. The Hall–Kier alpha value is -0.700. The van der Waals surface area contributed by atoms with Gasteiger partial charge in [-0.1, -0.05) is 28.9 Å². The third-order valence-corrected chi connectivity index (χ3v) is 2.51. The summed E-state index contributed by atoms with van der Waals surface area (Å²) in [6.45, 7) is 1.75. The van der Waals surface area contributed by atoms with Crippen molar-refractivity contribution >= 4 is 22.2 Å². The zero-order valence-corrected chi connectivity index (χ0v) is 8.84. The predicted molar refractivity (Wildman–Crippen MR) is 53.5 cm³/mol. The molecule has 0 N–H and O–H groups in total. The molecule has 13 heavy (non-hydrogen) atoms. The van der Waals surface area contributed by atoms with Crippen LogP contribution in [0.5, 0.6) is 0 Å². The number of hydrogen-bond acceptors (Lipinski definition) is 1. The molecule has 0 aliphatic carbocycles. The fourth-order valence-electron chi connectivity index (χ4n) is 1.09. The van der Waals surface area contributed by atoms with Gasteiger partial charge < -0.3 is 4.79 Å². The molecular weight excluding hydrogens is 235 g/mol. The third-order valence-electron chi connectivity index (χ3n) is 1.86. The van der Waals surface area contributed by atoms with Crippen LogP contribution in [0.3, 0.4) is 0 Å². The number of alkyl halides is 1. The number of rotatable bonds is 3. The van der Waals surface area contributed by atoms with Gasteiger partial charge in [0.15, 0.2) is 0 Å². The summed E-state index contributed by atoms with van der Waals surface area (Å²) in [5, 5.41) is 0.601. The van der Waals surface area contributed by atoms with Gasteiger partial charge in [0, 0.05) is 11.2 Å². The Morgan fingerprint density at radius 2 is 2.23 bits per heavy atom. The second kappa shape index (κ2) is 4.51. The Balaban J connectivity index is 3.07. The summed E-state index contributed by atoms with van der Waals surface area (Å²) in [6.07, 6.45) is 0.812. The van der Waals surface area contributed by atoms with Crippen molar-refractivity contribution in [2.24, 2.45) is 0 Å². The number of halogens is 2. The van der Waals surface area contributed by atoms with E-state index in [-0.39, 0.29) is 11.7 Å². The highest BCUT2D eigenvalue weighted by Crippen LogP contribution is 2.18. The first kappa shape index (κ1) is 10.4. The zero-order chi connectivity index (χ0) is 9.84. The highest BCUT2D eigenvalue weighted by Gasteiger charge is 2.06. The average molecular weight is 245 g/mol. The molecule has 0 fully saturated rings. The van der Waals surface area contributed by atoms with Crippen LogP contribution in [-0.4, -0.2) is 6.29 Å². The molecule has 0 saturated heterocycles. The smallest absolute Gasteiger partial charge is 0.127 e. The Labute approximate surface area is 85.1 Å². The van der Waals surface area contributed by atoms with Crippen LogP contribution in [-0.2, 0) is 10.1 Å². The monoisotopic (exact) mass is 244 g/mol. The second-order valence-electron chi connectivity index (χ2n) is 2.95. The first-order chi connectivity index (χ1) is 6.17. The van der Waals surface area contributed by atoms with Crippen LogP contribution in [0.2, 0.25) is 0 Å². The molecular formula is C10H10BrFO. The normalized spacial score (nSPS) is 12.5. The first-order valence-corrected chi connectivity index (χ1v) is 5.10. The van der Waals surface area contributed by atoms with Gasteiger partial charge in [-0.25, -0.2) is 4.39 Å². The van der Waals surface area contributed by atoms with Gasteiger partial charge in [-0.05, 0) is 23.3 Å². The average Bonchev–Trinajstić information content (AvgIpc) is 2.15. The summed E-state index contributed by atoms with van der Waals surface area (Å²) in [5.41, 5.74) is 1.58. The maximum Gasteiger partial charge on any atom is 0.127 e. The van der Waals surface area contributed by atoms with Crippen molar-refractivity contribution in [1.82, 2.24) is 0 Å². The van der Waals surface area contributed by atoms with E-state index in [9.17, 15) is 9.18 Å². The molecule has 1 aromatic carbocycles. The molecule has 1 rings (SSSR count). The molecule has 1 aromatic rings. The van der Waals surface area contributed by atoms with Crippen LogP contribution in [0.25, 0.3) is 0 Å². The van der Waals surface area contributed by atoms with Crippen LogP contribution < -0.4 is 0 Å². The van der Waals surface area contributed by atoms with E-state index in [1.807, 2.05) is 6.07 Å². The van der Waals surface area contributed by atoms with E-state index in [1.54, 1.807) is 6.92 Å². The van der Waals surface area contributed by atoms with E-state index in [2.05, 4.69) is 15.9 Å². The van der Waals surface area contributed by atoms with Crippen LogP contribution in [0.15, 0.2) is 18.2 Å². The number of aldehydes is 1. The molecule has 0 radical (unpaired) electrons. The molecule has 0 heterocycles. The third kappa shape index (κ3) is 2.62. The van der Waals surface area contributed by atoms with Gasteiger partial charge in [-0.2, -0.15) is 0 Å². The molecule has 1 unspecified atom stereocenters. The standard InChI is InChI=1S/C10H10BrFO/c1-7(6-13)9-2-8(5-11)3-10(12)4-9/h2-4,6-7H,5H2,1H3. The largest absolute Gasteiger partial charge is 0.303 e. The second-order valence-corrected chi connectivity index (χ2v) is 3.51. The molecule has 0 bridgehead atoms. The lowest BCUT2D eigenvalue weighted by Crippen LogP contribution is -1.96. The SMILES string of the molecule is CC(C=O)c1cc(F)cc(CBr)c1. The summed E-state index contributed by atoms with van der Waals surface area (Å²) in [4.78, 5) is 10.5. The highest BCUT2D eigenvalue weighted by atomic mass is 79.9. The Morgan fingerprint density at radius 1 is 1.54 bits per heavy atom. The van der Waals surface area contributed by atoms with E-state index >= 15 is 0 Å². The van der Waals surface area contributed by atoms with Crippen molar-refractivity contribution < 1.29 is 9.18 Å². The highest BCUT2D eigenvalue weighted by molar-refractivity contribution is 9.08. The lowest BCUT2D eigenvalue weighted by molar-refractivity contribution is -0.108. The van der Waals surface area contributed by atoms with Gasteiger partial charge in [0.2, 0.25) is 0 Å². The van der Waals surface area contributed by atoms with Crippen molar-refractivity contribution in [2.45, 2.75) is 18.2 Å². The number of hydrogen-bond donors (Lipinski definition) is 0. The van der Waals surface area contributed by atoms with Gasteiger partial charge >= 0.3 is 0 Å². The number of benzene rings is 1. The van der Waals surface area contributed by atoms with E-state index < -0.39 is 0 Å². The van der Waals surface area contributed by atoms with Crippen molar-refractivity contribution in [3.8, 4) is 0 Å². The molecule has 0 aromatic heterocycles. The Morgan fingerprint density at radius 3 is 2.77 bits per heavy atom. The minimum atomic E-state index is -0.291. The molecule has 1 atom stereocenters. The van der Waals surface area contributed by atoms with Gasteiger partial charge in [0.25, 0.3) is 0 Å². The molecule has 0 aliphatic rings. The maximum atomic E-state index is 13.0. The maximum absolute atomic E-state index is 13.0. The van der Waals surface area contributed by atoms with E-state index in [0.29, 0.717) is 5.33 Å². The summed E-state index contributed by atoms with van der Waals surface area (Å²) in [6, 6.07) is 4.68. The fourth-order valence-corrected chi connectivity index (χ4v) is 1.42. The summed E-state index contributed by atoms with van der Waals surface area (Å²) >= 11 is 3.24. The minimum Gasteiger partial charge on any atom is -0.303 e. The van der Waals surface area contributed by atoms with Crippen molar-refractivity contribution in [3.63, 3.8) is 0 Å². The Kier molecular flexibility index (Phi) is 3.60. The fraction of sp³-hybridized carbons (Fsp3) is 0.300. The van der Waals surface area contributed by atoms with Crippen LogP contribution in [0, 0.1) is 5.82 Å². The summed E-state index contributed by atoms with van der Waals surface area (Å²) in [7, 11) is 0. The van der Waals surface area contributed by atoms with E-state index in [0.717, 1.165) is 17.4 Å². The summed E-state index contributed by atoms with van der Waals surface area (Å²) in [5.74, 6) is -0.533. The van der Waals surface area contributed by atoms with E-state index in [1.165, 1.54) is 12.1 Å². The molecule has 0 aliphatic heterocycles. The molecule has 0 amide bonds. The molecule has 1 nitrogen and oxygen atoms in total. The van der Waals surface area contributed by atoms with Gasteiger partial charge in [-0.3, -0.25) is 0 Å². The van der Waals surface area contributed by atoms with Crippen molar-refractivity contribution in [1.29, 1.82) is 0 Å². The van der Waals surface area contributed by atoms with Crippen LogP contribution in [0.4, 0.5) is 4.39 Å². The lowest BCUT2D eigenvalue weighted by atomic mass is 10.0. The predicted octanol–water partition coefficient (Wildman–Crippen LogP) is 3.02. The number of carbonyl (C=O) groups is 1. The van der Waals surface area contributed by atoms with Crippen molar-refractivity contribution in [3.05, 3.63) is 35.1 Å². The molecule has 3 heteroatoms. The lowest BCUT2D eigenvalue weighted by Gasteiger charge is -2.06. The first-order valence-electron chi connectivity index (χ1n) is 3.98. The Bertz CT molecular complexity index is 312. The number of carbonyl (C=O) groups excluding carboxylic acids is 1. The van der Waals surface area contributed by atoms with Gasteiger partial charge in [0.1, 0.15) is 12.1 Å². The van der Waals surface area contributed by atoms with Gasteiger partial charge in [0.05, 0.1) is 0 Å².